The molecule has 0 aliphatic carbocycles. The van der Waals surface area contributed by atoms with Crippen LogP contribution < -0.4 is 5.32 Å². The lowest BCUT2D eigenvalue weighted by Gasteiger charge is -2.28. The minimum absolute atomic E-state index is 0.0249. The van der Waals surface area contributed by atoms with Crippen molar-refractivity contribution in [2.45, 2.75) is 38.9 Å². The number of nitrogens with zero attached hydrogens (tertiary/aromatic N) is 3. The summed E-state index contributed by atoms with van der Waals surface area (Å²) in [6.45, 7) is 6.04. The van der Waals surface area contributed by atoms with Crippen LogP contribution in [0.15, 0.2) is 60.8 Å². The summed E-state index contributed by atoms with van der Waals surface area (Å²) in [6, 6.07) is 18.8. The van der Waals surface area contributed by atoms with Crippen molar-refractivity contribution in [1.29, 1.82) is 0 Å². The fraction of sp³-hybridized carbons (Fsp3) is 0.333. The Morgan fingerprint density at radius 1 is 1.10 bits per heavy atom. The number of aliphatic hydroxyl groups excluding tert-OH is 1. The zero-order chi connectivity index (χ0) is 21.1. The number of aliphatic hydroxyl groups is 1. The first-order valence-corrected chi connectivity index (χ1v) is 10.8. The molecule has 1 aliphatic heterocycles. The normalized spacial score (nSPS) is 18.6. The van der Waals surface area contributed by atoms with Crippen LogP contribution in [0.5, 0.6) is 0 Å². The van der Waals surface area contributed by atoms with Crippen LogP contribution in [0, 0.1) is 13.8 Å². The lowest BCUT2D eigenvalue weighted by molar-refractivity contribution is 0.247. The van der Waals surface area contributed by atoms with Gasteiger partial charge in [-0.2, -0.15) is 0 Å². The number of aryl methyl sites for hydroxylation is 1. The molecule has 2 aromatic heterocycles. The minimum Gasteiger partial charge on any atom is -0.396 e. The molecule has 2 N–H and O–H groups in total. The van der Waals surface area contributed by atoms with Crippen molar-refractivity contribution in [3.05, 3.63) is 89.0 Å². The van der Waals surface area contributed by atoms with E-state index in [1.165, 1.54) is 22.5 Å². The number of rotatable bonds is 7. The van der Waals surface area contributed by atoms with Crippen LogP contribution in [0.2, 0.25) is 0 Å². The summed E-state index contributed by atoms with van der Waals surface area (Å²) in [5, 5.41) is 13.6. The standard InChI is InChI=1S/C24H28N4OS/c1-17-15-20(18(2)28(17)16-19-9-4-3-5-10-19)23-22(21-11-6-7-12-25-21)26-24(30)27(23)13-8-14-29/h3-7,9-12,15,22-23,29H,8,13-14,16H2,1-2H3,(H,26,30)/t22-,23-/m0/s1. The molecule has 2 atom stereocenters. The smallest absolute Gasteiger partial charge is 0.170 e. The van der Waals surface area contributed by atoms with E-state index in [0.717, 1.165) is 17.4 Å². The first kappa shape index (κ1) is 20.6. The Balaban J connectivity index is 1.74. The first-order valence-electron chi connectivity index (χ1n) is 10.4. The number of pyridine rings is 1. The van der Waals surface area contributed by atoms with Crippen molar-refractivity contribution < 1.29 is 5.11 Å². The predicted molar refractivity (Wildman–Crippen MR) is 123 cm³/mol. The highest BCUT2D eigenvalue weighted by molar-refractivity contribution is 7.80. The number of nitrogens with one attached hydrogen (secondary N) is 1. The molecule has 3 heterocycles. The van der Waals surface area contributed by atoms with E-state index in [1.807, 2.05) is 30.5 Å². The molecule has 3 aromatic rings. The Labute approximate surface area is 183 Å². The van der Waals surface area contributed by atoms with Crippen LogP contribution in [0.25, 0.3) is 0 Å². The second-order valence-corrected chi connectivity index (χ2v) is 8.18. The summed E-state index contributed by atoms with van der Waals surface area (Å²) in [6.07, 6.45) is 2.50. The van der Waals surface area contributed by atoms with Crippen LogP contribution in [-0.4, -0.2) is 37.8 Å². The van der Waals surface area contributed by atoms with Crippen LogP contribution in [0.1, 0.15) is 46.7 Å². The van der Waals surface area contributed by atoms with Gasteiger partial charge in [-0.05, 0) is 61.8 Å². The van der Waals surface area contributed by atoms with E-state index in [-0.39, 0.29) is 18.7 Å². The summed E-state index contributed by atoms with van der Waals surface area (Å²) in [5.41, 5.74) is 5.98. The van der Waals surface area contributed by atoms with Gasteiger partial charge >= 0.3 is 0 Å². The number of thiocarbonyl (C=S) groups is 1. The van der Waals surface area contributed by atoms with Gasteiger partial charge in [-0.15, -0.1) is 0 Å². The molecule has 156 valence electrons. The highest BCUT2D eigenvalue weighted by Gasteiger charge is 2.40. The zero-order valence-electron chi connectivity index (χ0n) is 17.5. The van der Waals surface area contributed by atoms with Gasteiger partial charge in [0.15, 0.2) is 5.11 Å². The van der Waals surface area contributed by atoms with Gasteiger partial charge in [0.1, 0.15) is 0 Å². The maximum absolute atomic E-state index is 9.41. The largest absolute Gasteiger partial charge is 0.396 e. The highest BCUT2D eigenvalue weighted by atomic mass is 32.1. The van der Waals surface area contributed by atoms with E-state index in [4.69, 9.17) is 12.2 Å². The summed E-state index contributed by atoms with van der Waals surface area (Å²) < 4.78 is 2.37. The third-order valence-corrected chi connectivity index (χ3v) is 6.22. The second-order valence-electron chi connectivity index (χ2n) is 7.80. The van der Waals surface area contributed by atoms with E-state index in [0.29, 0.717) is 13.0 Å². The van der Waals surface area contributed by atoms with Crippen LogP contribution in [0.3, 0.4) is 0 Å². The van der Waals surface area contributed by atoms with Gasteiger partial charge < -0.3 is 19.9 Å². The number of hydrogen-bond donors (Lipinski definition) is 2. The molecule has 0 bridgehead atoms. The van der Waals surface area contributed by atoms with Gasteiger partial charge in [0.2, 0.25) is 0 Å². The molecule has 6 heteroatoms. The molecule has 1 fully saturated rings. The number of aromatic nitrogens is 2. The van der Waals surface area contributed by atoms with E-state index in [2.05, 4.69) is 63.9 Å². The van der Waals surface area contributed by atoms with Gasteiger partial charge in [0.25, 0.3) is 0 Å². The van der Waals surface area contributed by atoms with E-state index in [1.54, 1.807) is 0 Å². The predicted octanol–water partition coefficient (Wildman–Crippen LogP) is 3.90. The van der Waals surface area contributed by atoms with Crippen molar-refractivity contribution in [3.8, 4) is 0 Å². The van der Waals surface area contributed by atoms with Gasteiger partial charge in [-0.3, -0.25) is 4.98 Å². The Hall–Kier alpha value is -2.70. The monoisotopic (exact) mass is 420 g/mol. The molecule has 5 nitrogen and oxygen atoms in total. The first-order chi connectivity index (χ1) is 14.6. The lowest BCUT2D eigenvalue weighted by atomic mass is 9.96. The van der Waals surface area contributed by atoms with Crippen molar-refractivity contribution in [3.63, 3.8) is 0 Å². The summed E-state index contributed by atoms with van der Waals surface area (Å²) in [4.78, 5) is 6.82. The van der Waals surface area contributed by atoms with Crippen molar-refractivity contribution in [1.82, 2.24) is 19.8 Å². The van der Waals surface area contributed by atoms with Crippen LogP contribution in [-0.2, 0) is 6.54 Å². The molecule has 0 amide bonds. The van der Waals surface area contributed by atoms with Gasteiger partial charge in [0.05, 0.1) is 17.8 Å². The third-order valence-electron chi connectivity index (χ3n) is 5.87. The number of hydrogen-bond acceptors (Lipinski definition) is 3. The average molecular weight is 421 g/mol. The van der Waals surface area contributed by atoms with Crippen LogP contribution >= 0.6 is 12.2 Å². The van der Waals surface area contributed by atoms with Gasteiger partial charge in [-0.25, -0.2) is 0 Å². The summed E-state index contributed by atoms with van der Waals surface area (Å²) in [5.74, 6) is 0. The van der Waals surface area contributed by atoms with Gasteiger partial charge in [0, 0.05) is 37.3 Å². The van der Waals surface area contributed by atoms with Gasteiger partial charge in [-0.1, -0.05) is 36.4 Å². The Kier molecular flexibility index (Phi) is 6.16. The van der Waals surface area contributed by atoms with Crippen molar-refractivity contribution >= 4 is 17.3 Å². The summed E-state index contributed by atoms with van der Waals surface area (Å²) in [7, 11) is 0. The average Bonchev–Trinajstić information content (AvgIpc) is 3.24. The maximum Gasteiger partial charge on any atom is 0.170 e. The highest BCUT2D eigenvalue weighted by Crippen LogP contribution is 2.40. The second kappa shape index (κ2) is 8.98. The molecular weight excluding hydrogens is 392 g/mol. The molecule has 30 heavy (non-hydrogen) atoms. The molecule has 0 spiro atoms. The fourth-order valence-corrected chi connectivity index (χ4v) is 4.69. The van der Waals surface area contributed by atoms with E-state index in [9.17, 15) is 5.11 Å². The molecule has 0 saturated carbocycles. The number of benzene rings is 1. The van der Waals surface area contributed by atoms with Crippen molar-refractivity contribution in [2.24, 2.45) is 0 Å². The SMILES string of the molecule is Cc1cc([C@H]2[C@H](c3ccccn3)NC(=S)N2CCCO)c(C)n1Cc1ccccc1. The lowest BCUT2D eigenvalue weighted by Crippen LogP contribution is -2.31. The van der Waals surface area contributed by atoms with Crippen LogP contribution in [0.4, 0.5) is 0 Å². The Morgan fingerprint density at radius 2 is 1.87 bits per heavy atom. The summed E-state index contributed by atoms with van der Waals surface area (Å²) >= 11 is 5.69. The molecule has 1 saturated heterocycles. The molecule has 0 radical (unpaired) electrons. The van der Waals surface area contributed by atoms with E-state index >= 15 is 0 Å². The topological polar surface area (TPSA) is 53.3 Å². The molecule has 4 rings (SSSR count). The fourth-order valence-electron chi connectivity index (χ4n) is 4.36. The zero-order valence-corrected chi connectivity index (χ0v) is 18.3. The molecule has 1 aromatic carbocycles. The third kappa shape index (κ3) is 3.98. The van der Waals surface area contributed by atoms with E-state index < -0.39 is 0 Å². The van der Waals surface area contributed by atoms with Crippen molar-refractivity contribution in [2.75, 3.05) is 13.2 Å². The Morgan fingerprint density at radius 3 is 2.57 bits per heavy atom. The Bertz CT molecular complexity index is 1000. The molecule has 1 aliphatic rings. The molecule has 0 unspecified atom stereocenters. The minimum atomic E-state index is -0.0249. The quantitative estimate of drug-likeness (QED) is 0.568. The maximum atomic E-state index is 9.41. The molecular formula is C24H28N4OS.